The third kappa shape index (κ3) is 2.75. The van der Waals surface area contributed by atoms with Crippen molar-refractivity contribution in [3.05, 3.63) is 59.4 Å². The summed E-state index contributed by atoms with van der Waals surface area (Å²) in [4.78, 5) is 19.2. The van der Waals surface area contributed by atoms with Crippen molar-refractivity contribution in [2.24, 2.45) is 0 Å². The summed E-state index contributed by atoms with van der Waals surface area (Å²) in [6.07, 6.45) is -1.05. The topological polar surface area (TPSA) is 42.9 Å². The molecule has 7 heteroatoms. The van der Waals surface area contributed by atoms with E-state index in [1.807, 2.05) is 0 Å². The highest BCUT2D eigenvalue weighted by molar-refractivity contribution is 6.07. The van der Waals surface area contributed by atoms with Gasteiger partial charge in [-0.05, 0) is 12.1 Å². The van der Waals surface area contributed by atoms with Gasteiger partial charge in [-0.3, -0.25) is 9.78 Å². The van der Waals surface area contributed by atoms with E-state index in [9.17, 15) is 22.4 Å². The van der Waals surface area contributed by atoms with E-state index < -0.39 is 23.3 Å². The molecule has 0 aliphatic carbocycles. The number of halogens is 4. The lowest BCUT2D eigenvalue weighted by Crippen LogP contribution is -2.10. The number of aromatic nitrogens is 2. The van der Waals surface area contributed by atoms with E-state index in [2.05, 4.69) is 9.97 Å². The number of rotatable bonds is 2. The molecule has 19 heavy (non-hydrogen) atoms. The van der Waals surface area contributed by atoms with Crippen LogP contribution in [-0.2, 0) is 6.18 Å². The molecule has 0 amide bonds. The number of carbonyl (C=O) groups is 1. The molecular formula is C12H6F4N2O. The highest BCUT2D eigenvalue weighted by Crippen LogP contribution is 2.31. The Morgan fingerprint density at radius 1 is 1.16 bits per heavy atom. The lowest BCUT2D eigenvalue weighted by molar-refractivity contribution is -0.140. The fourth-order valence-corrected chi connectivity index (χ4v) is 1.45. The molecule has 3 nitrogen and oxygen atoms in total. The largest absolute Gasteiger partial charge is 0.419 e. The van der Waals surface area contributed by atoms with Gasteiger partial charge in [0.2, 0.25) is 5.78 Å². The summed E-state index contributed by atoms with van der Waals surface area (Å²) < 4.78 is 50.4. The molecule has 0 N–H and O–H groups in total. The van der Waals surface area contributed by atoms with Crippen molar-refractivity contribution in [3.8, 4) is 0 Å². The van der Waals surface area contributed by atoms with E-state index in [-0.39, 0.29) is 11.3 Å². The number of ketones is 1. The maximum atomic E-state index is 13.3. The third-order valence-electron chi connectivity index (χ3n) is 2.33. The fraction of sp³-hybridized carbons (Fsp3) is 0.0833. The number of nitrogens with zero attached hydrogens (tertiary/aromatic N) is 2. The van der Waals surface area contributed by atoms with Crippen LogP contribution in [0.25, 0.3) is 0 Å². The van der Waals surface area contributed by atoms with Crippen LogP contribution in [0, 0.1) is 5.82 Å². The Kier molecular flexibility index (Phi) is 3.28. The molecule has 0 saturated carbocycles. The molecule has 2 aromatic rings. The smallest absolute Gasteiger partial charge is 0.287 e. The summed E-state index contributed by atoms with van der Waals surface area (Å²) in [5.74, 6) is -2.19. The van der Waals surface area contributed by atoms with Gasteiger partial charge in [0.15, 0.2) is 0 Å². The van der Waals surface area contributed by atoms with E-state index in [1.165, 1.54) is 12.4 Å². The molecule has 0 bridgehead atoms. The van der Waals surface area contributed by atoms with Gasteiger partial charge in [0.1, 0.15) is 11.5 Å². The summed E-state index contributed by atoms with van der Waals surface area (Å²) in [6, 6.07) is 1.97. The summed E-state index contributed by atoms with van der Waals surface area (Å²) in [5, 5.41) is 0. The normalized spacial score (nSPS) is 11.4. The fourth-order valence-electron chi connectivity index (χ4n) is 1.45. The van der Waals surface area contributed by atoms with Gasteiger partial charge in [0, 0.05) is 18.0 Å². The van der Waals surface area contributed by atoms with E-state index in [4.69, 9.17) is 0 Å². The second kappa shape index (κ2) is 4.75. The molecule has 98 valence electrons. The molecule has 0 unspecified atom stereocenters. The van der Waals surface area contributed by atoms with Crippen LogP contribution in [0.4, 0.5) is 17.6 Å². The zero-order valence-electron chi connectivity index (χ0n) is 9.28. The van der Waals surface area contributed by atoms with E-state index in [0.29, 0.717) is 12.1 Å². The van der Waals surface area contributed by atoms with E-state index in [0.717, 1.165) is 12.3 Å². The standard InChI is InChI=1S/C12H6F4N2O/c13-9-5-7(1-2-8(9)12(14,15)16)11(19)10-6-17-3-4-18-10/h1-6H. The Bertz CT molecular complexity index is 611. The Labute approximate surface area is 104 Å². The van der Waals surface area contributed by atoms with Gasteiger partial charge < -0.3 is 0 Å². The van der Waals surface area contributed by atoms with E-state index in [1.54, 1.807) is 0 Å². The van der Waals surface area contributed by atoms with Crippen LogP contribution in [0.2, 0.25) is 0 Å². The van der Waals surface area contributed by atoms with Crippen LogP contribution in [0.1, 0.15) is 21.6 Å². The van der Waals surface area contributed by atoms with Crippen molar-refractivity contribution in [3.63, 3.8) is 0 Å². The second-order valence-corrected chi connectivity index (χ2v) is 3.61. The first-order valence-corrected chi connectivity index (χ1v) is 5.07. The molecule has 2 rings (SSSR count). The maximum absolute atomic E-state index is 13.3. The molecule has 0 aliphatic heterocycles. The summed E-state index contributed by atoms with van der Waals surface area (Å²) >= 11 is 0. The van der Waals surface area contributed by atoms with Crippen molar-refractivity contribution in [1.82, 2.24) is 9.97 Å². The first kappa shape index (κ1) is 13.1. The molecule has 0 spiro atoms. The maximum Gasteiger partial charge on any atom is 0.419 e. The first-order chi connectivity index (χ1) is 8.89. The van der Waals surface area contributed by atoms with Gasteiger partial charge in [-0.1, -0.05) is 6.07 Å². The molecular weight excluding hydrogens is 264 g/mol. The average Bonchev–Trinajstić information content (AvgIpc) is 2.37. The van der Waals surface area contributed by atoms with Crippen molar-refractivity contribution >= 4 is 5.78 Å². The first-order valence-electron chi connectivity index (χ1n) is 5.07. The Balaban J connectivity index is 2.38. The Hall–Kier alpha value is -2.31. The molecule has 0 saturated heterocycles. The Morgan fingerprint density at radius 2 is 1.89 bits per heavy atom. The molecule has 0 aliphatic rings. The van der Waals surface area contributed by atoms with Crippen LogP contribution < -0.4 is 0 Å². The lowest BCUT2D eigenvalue weighted by Gasteiger charge is -2.08. The zero-order chi connectivity index (χ0) is 14.0. The molecule has 1 heterocycles. The second-order valence-electron chi connectivity index (χ2n) is 3.61. The van der Waals surface area contributed by atoms with Gasteiger partial charge in [-0.2, -0.15) is 13.2 Å². The molecule has 1 aromatic carbocycles. The van der Waals surface area contributed by atoms with Crippen LogP contribution in [0.15, 0.2) is 36.8 Å². The lowest BCUT2D eigenvalue weighted by atomic mass is 10.1. The molecule has 1 aromatic heterocycles. The van der Waals surface area contributed by atoms with Crippen LogP contribution in [-0.4, -0.2) is 15.8 Å². The SMILES string of the molecule is O=C(c1ccc(C(F)(F)F)c(F)c1)c1cnccn1. The van der Waals surface area contributed by atoms with Crippen molar-refractivity contribution in [2.75, 3.05) is 0 Å². The number of hydrogen-bond acceptors (Lipinski definition) is 3. The number of alkyl halides is 3. The predicted octanol–water partition coefficient (Wildman–Crippen LogP) is 2.87. The van der Waals surface area contributed by atoms with Crippen molar-refractivity contribution in [1.29, 1.82) is 0 Å². The minimum absolute atomic E-state index is 0.0679. The number of hydrogen-bond donors (Lipinski definition) is 0. The third-order valence-corrected chi connectivity index (χ3v) is 2.33. The van der Waals surface area contributed by atoms with Crippen molar-refractivity contribution < 1.29 is 22.4 Å². The molecule has 0 atom stereocenters. The monoisotopic (exact) mass is 270 g/mol. The van der Waals surface area contributed by atoms with Crippen LogP contribution in [0.3, 0.4) is 0 Å². The summed E-state index contributed by atoms with van der Waals surface area (Å²) in [6.45, 7) is 0. The molecule has 0 radical (unpaired) electrons. The zero-order valence-corrected chi connectivity index (χ0v) is 9.28. The summed E-state index contributed by atoms with van der Waals surface area (Å²) in [7, 11) is 0. The van der Waals surface area contributed by atoms with Gasteiger partial charge in [-0.15, -0.1) is 0 Å². The van der Waals surface area contributed by atoms with Gasteiger partial charge in [0.25, 0.3) is 0 Å². The van der Waals surface area contributed by atoms with Gasteiger partial charge in [-0.25, -0.2) is 9.37 Å². The highest BCUT2D eigenvalue weighted by Gasteiger charge is 2.34. The number of carbonyl (C=O) groups excluding carboxylic acids is 1. The van der Waals surface area contributed by atoms with Crippen LogP contribution in [0.5, 0.6) is 0 Å². The average molecular weight is 270 g/mol. The van der Waals surface area contributed by atoms with Crippen LogP contribution >= 0.6 is 0 Å². The predicted molar refractivity (Wildman–Crippen MR) is 56.9 cm³/mol. The van der Waals surface area contributed by atoms with Gasteiger partial charge >= 0.3 is 6.18 Å². The Morgan fingerprint density at radius 3 is 2.42 bits per heavy atom. The number of benzene rings is 1. The summed E-state index contributed by atoms with van der Waals surface area (Å²) in [5.41, 5.74) is -1.70. The molecule has 0 fully saturated rings. The van der Waals surface area contributed by atoms with Crippen molar-refractivity contribution in [2.45, 2.75) is 6.18 Å². The minimum atomic E-state index is -4.79. The quantitative estimate of drug-likeness (QED) is 0.622. The highest BCUT2D eigenvalue weighted by atomic mass is 19.4. The minimum Gasteiger partial charge on any atom is -0.287 e. The van der Waals surface area contributed by atoms with E-state index >= 15 is 0 Å². The van der Waals surface area contributed by atoms with Gasteiger partial charge in [0.05, 0.1) is 11.8 Å².